The van der Waals surface area contributed by atoms with Gasteiger partial charge in [-0.25, -0.2) is 0 Å². The molecule has 2 aliphatic heterocycles. The highest BCUT2D eigenvalue weighted by Gasteiger charge is 2.31. The molecule has 0 atom stereocenters. The van der Waals surface area contributed by atoms with Crippen LogP contribution in [0.4, 0.5) is 0 Å². The van der Waals surface area contributed by atoms with Gasteiger partial charge in [-0.1, -0.05) is 6.42 Å². The van der Waals surface area contributed by atoms with Gasteiger partial charge in [0.1, 0.15) is 0 Å². The molecule has 0 unspecified atom stereocenters. The summed E-state index contributed by atoms with van der Waals surface area (Å²) < 4.78 is 0. The molecule has 0 aromatic heterocycles. The van der Waals surface area contributed by atoms with E-state index in [0.717, 1.165) is 90.8 Å². The summed E-state index contributed by atoms with van der Waals surface area (Å²) in [5, 5.41) is 3.38. The lowest BCUT2D eigenvalue weighted by Gasteiger charge is -2.38. The normalized spacial score (nSPS) is 21.4. The lowest BCUT2D eigenvalue weighted by atomic mass is 9.84. The van der Waals surface area contributed by atoms with Crippen molar-refractivity contribution in [2.24, 2.45) is 10.9 Å². The van der Waals surface area contributed by atoms with Gasteiger partial charge in [0.15, 0.2) is 5.96 Å². The minimum atomic E-state index is 0. The van der Waals surface area contributed by atoms with E-state index in [-0.39, 0.29) is 29.9 Å². The zero-order valence-electron chi connectivity index (χ0n) is 17.9. The monoisotopic (exact) mass is 520 g/mol. The number of nitrogens with one attached hydrogen (secondary N) is 1. The van der Waals surface area contributed by atoms with Crippen LogP contribution in [0.1, 0.15) is 33.1 Å². The number of piperazine rings is 2. The molecule has 2 amide bonds. The Bertz CT molecular complexity index is 567. The Morgan fingerprint density at radius 3 is 2.03 bits per heavy atom. The largest absolute Gasteiger partial charge is 0.357 e. The summed E-state index contributed by atoms with van der Waals surface area (Å²) in [6.07, 6.45) is 3.38. The predicted octanol–water partition coefficient (Wildman–Crippen LogP) is 0.678. The van der Waals surface area contributed by atoms with Gasteiger partial charge in [0.2, 0.25) is 11.8 Å². The molecular formula is C20H37IN6O2. The molecule has 166 valence electrons. The summed E-state index contributed by atoms with van der Waals surface area (Å²) in [6.45, 7) is 13.0. The topological polar surface area (TPSA) is 71.5 Å². The number of hydrogen-bond acceptors (Lipinski definition) is 4. The molecule has 0 bridgehead atoms. The second kappa shape index (κ2) is 11.9. The molecule has 1 N–H and O–H groups in total. The molecule has 2 saturated heterocycles. The quantitative estimate of drug-likeness (QED) is 0.328. The average molecular weight is 520 g/mol. The van der Waals surface area contributed by atoms with Crippen molar-refractivity contribution in [2.45, 2.75) is 33.1 Å². The van der Waals surface area contributed by atoms with Crippen molar-refractivity contribution in [2.75, 3.05) is 72.0 Å². The summed E-state index contributed by atoms with van der Waals surface area (Å²) in [6, 6.07) is 0. The molecule has 9 heteroatoms. The fraction of sp³-hybridized carbons (Fsp3) is 0.850. The van der Waals surface area contributed by atoms with Gasteiger partial charge in [-0.15, -0.1) is 24.0 Å². The lowest BCUT2D eigenvalue weighted by molar-refractivity contribution is -0.140. The van der Waals surface area contributed by atoms with Crippen molar-refractivity contribution in [1.82, 2.24) is 24.9 Å². The predicted molar refractivity (Wildman–Crippen MR) is 126 cm³/mol. The zero-order valence-corrected chi connectivity index (χ0v) is 20.3. The molecule has 2 heterocycles. The van der Waals surface area contributed by atoms with Crippen LogP contribution in [-0.4, -0.2) is 109 Å². The number of amides is 2. The Morgan fingerprint density at radius 1 is 0.931 bits per heavy atom. The van der Waals surface area contributed by atoms with E-state index < -0.39 is 0 Å². The van der Waals surface area contributed by atoms with Crippen LogP contribution in [0.15, 0.2) is 4.99 Å². The van der Waals surface area contributed by atoms with E-state index in [1.807, 2.05) is 4.90 Å². The lowest BCUT2D eigenvalue weighted by Crippen LogP contribution is -2.53. The van der Waals surface area contributed by atoms with E-state index in [1.165, 1.54) is 6.42 Å². The number of hydrogen-bond donors (Lipinski definition) is 1. The molecule has 0 spiro atoms. The number of nitrogens with zero attached hydrogens (tertiary/aromatic N) is 5. The summed E-state index contributed by atoms with van der Waals surface area (Å²) in [5.41, 5.74) is 0. The van der Waals surface area contributed by atoms with Crippen molar-refractivity contribution < 1.29 is 9.59 Å². The fourth-order valence-electron chi connectivity index (χ4n) is 4.06. The van der Waals surface area contributed by atoms with Gasteiger partial charge in [0, 0.05) is 78.3 Å². The van der Waals surface area contributed by atoms with Gasteiger partial charge in [0.05, 0.1) is 6.54 Å². The Balaban J connectivity index is 0.00000300. The first-order chi connectivity index (χ1) is 13.6. The number of aliphatic imine (C=N–C) groups is 1. The SMILES string of the molecule is CCNC(=NCCN1CCN(C(=O)C2CCC2)CC1)N1CCN(C(C)=O)CC1.I. The van der Waals surface area contributed by atoms with Gasteiger partial charge in [-0.3, -0.25) is 19.5 Å². The Kier molecular flexibility index (Phi) is 9.94. The first-order valence-electron chi connectivity index (χ1n) is 10.9. The van der Waals surface area contributed by atoms with Crippen molar-refractivity contribution >= 4 is 41.8 Å². The van der Waals surface area contributed by atoms with Crippen LogP contribution < -0.4 is 5.32 Å². The third kappa shape index (κ3) is 6.70. The summed E-state index contributed by atoms with van der Waals surface area (Å²) in [4.78, 5) is 37.3. The fourth-order valence-corrected chi connectivity index (χ4v) is 4.06. The maximum Gasteiger partial charge on any atom is 0.225 e. The number of guanidine groups is 1. The van der Waals surface area contributed by atoms with Crippen LogP contribution in [0.3, 0.4) is 0 Å². The molecule has 0 aromatic carbocycles. The van der Waals surface area contributed by atoms with Crippen molar-refractivity contribution in [3.63, 3.8) is 0 Å². The third-order valence-electron chi connectivity index (χ3n) is 6.18. The minimum Gasteiger partial charge on any atom is -0.357 e. The van der Waals surface area contributed by atoms with Crippen LogP contribution >= 0.6 is 24.0 Å². The number of carbonyl (C=O) groups excluding carboxylic acids is 2. The van der Waals surface area contributed by atoms with E-state index in [2.05, 4.69) is 26.9 Å². The van der Waals surface area contributed by atoms with Gasteiger partial charge < -0.3 is 20.0 Å². The molecule has 3 aliphatic rings. The van der Waals surface area contributed by atoms with E-state index in [1.54, 1.807) is 6.92 Å². The van der Waals surface area contributed by atoms with Crippen molar-refractivity contribution in [3.05, 3.63) is 0 Å². The second-order valence-electron chi connectivity index (χ2n) is 8.02. The third-order valence-corrected chi connectivity index (χ3v) is 6.18. The number of halogens is 1. The van der Waals surface area contributed by atoms with Crippen LogP contribution in [0.2, 0.25) is 0 Å². The molecule has 29 heavy (non-hydrogen) atoms. The molecule has 1 saturated carbocycles. The highest BCUT2D eigenvalue weighted by atomic mass is 127. The van der Waals surface area contributed by atoms with Crippen LogP contribution in [0.25, 0.3) is 0 Å². The number of carbonyl (C=O) groups is 2. The second-order valence-corrected chi connectivity index (χ2v) is 8.02. The molecule has 3 rings (SSSR count). The van der Waals surface area contributed by atoms with Crippen LogP contribution in [-0.2, 0) is 9.59 Å². The highest BCUT2D eigenvalue weighted by molar-refractivity contribution is 14.0. The van der Waals surface area contributed by atoms with E-state index in [0.29, 0.717) is 11.8 Å². The molecule has 0 radical (unpaired) electrons. The van der Waals surface area contributed by atoms with E-state index in [4.69, 9.17) is 4.99 Å². The first-order valence-corrected chi connectivity index (χ1v) is 10.9. The van der Waals surface area contributed by atoms with E-state index in [9.17, 15) is 9.59 Å². The van der Waals surface area contributed by atoms with Gasteiger partial charge in [0.25, 0.3) is 0 Å². The average Bonchev–Trinajstić information content (AvgIpc) is 2.66. The molecule has 0 aromatic rings. The summed E-state index contributed by atoms with van der Waals surface area (Å²) in [5.74, 6) is 1.78. The maximum atomic E-state index is 12.3. The van der Waals surface area contributed by atoms with Crippen LogP contribution in [0.5, 0.6) is 0 Å². The van der Waals surface area contributed by atoms with Crippen molar-refractivity contribution in [1.29, 1.82) is 0 Å². The summed E-state index contributed by atoms with van der Waals surface area (Å²) >= 11 is 0. The van der Waals surface area contributed by atoms with Gasteiger partial charge in [-0.05, 0) is 19.8 Å². The highest BCUT2D eigenvalue weighted by Crippen LogP contribution is 2.28. The van der Waals surface area contributed by atoms with E-state index >= 15 is 0 Å². The zero-order chi connectivity index (χ0) is 19.9. The Morgan fingerprint density at radius 2 is 1.52 bits per heavy atom. The standard InChI is InChI=1S/C20H36N6O2.HI/c1-3-21-20(26-15-13-24(14-16-26)17(2)27)22-7-8-23-9-11-25(12-10-23)19(28)18-5-4-6-18;/h18H,3-16H2,1-2H3,(H,21,22);1H. The molecule has 3 fully saturated rings. The van der Waals surface area contributed by atoms with Gasteiger partial charge in [-0.2, -0.15) is 0 Å². The van der Waals surface area contributed by atoms with Crippen LogP contribution in [0, 0.1) is 5.92 Å². The van der Waals surface area contributed by atoms with Gasteiger partial charge >= 0.3 is 0 Å². The number of rotatable bonds is 5. The minimum absolute atomic E-state index is 0. The maximum absolute atomic E-state index is 12.3. The molecule has 1 aliphatic carbocycles. The molecular weight excluding hydrogens is 483 g/mol. The Hall–Kier alpha value is -1.10. The van der Waals surface area contributed by atoms with Crippen molar-refractivity contribution in [3.8, 4) is 0 Å². The molecule has 8 nitrogen and oxygen atoms in total. The summed E-state index contributed by atoms with van der Waals surface area (Å²) in [7, 11) is 0. The Labute approximate surface area is 192 Å². The first kappa shape index (κ1) is 24.2. The smallest absolute Gasteiger partial charge is 0.225 e.